The lowest BCUT2D eigenvalue weighted by atomic mass is 10.0. The van der Waals surface area contributed by atoms with Gasteiger partial charge in [-0.3, -0.25) is 0 Å². The Morgan fingerprint density at radius 2 is 1.70 bits per heavy atom. The van der Waals surface area contributed by atoms with E-state index in [1.54, 1.807) is 0 Å². The SMILES string of the molecule is OC(CNCc1ccccc1C1CC1)c1ccccc1. The van der Waals surface area contributed by atoms with Crippen LogP contribution in [0.3, 0.4) is 0 Å². The van der Waals surface area contributed by atoms with Gasteiger partial charge in [-0.05, 0) is 35.4 Å². The molecule has 1 atom stereocenters. The molecule has 0 heterocycles. The van der Waals surface area contributed by atoms with E-state index in [4.69, 9.17) is 0 Å². The molecule has 0 radical (unpaired) electrons. The van der Waals surface area contributed by atoms with Gasteiger partial charge < -0.3 is 10.4 Å². The lowest BCUT2D eigenvalue weighted by molar-refractivity contribution is 0.174. The van der Waals surface area contributed by atoms with Gasteiger partial charge in [0.1, 0.15) is 0 Å². The Kier molecular flexibility index (Phi) is 4.14. The van der Waals surface area contributed by atoms with Crippen LogP contribution in [0.2, 0.25) is 0 Å². The van der Waals surface area contributed by atoms with E-state index in [1.165, 1.54) is 24.0 Å². The topological polar surface area (TPSA) is 32.3 Å². The largest absolute Gasteiger partial charge is 0.387 e. The normalized spacial score (nSPS) is 16.1. The molecule has 1 unspecified atom stereocenters. The summed E-state index contributed by atoms with van der Waals surface area (Å²) in [4.78, 5) is 0. The minimum Gasteiger partial charge on any atom is -0.387 e. The fourth-order valence-corrected chi connectivity index (χ4v) is 2.62. The van der Waals surface area contributed by atoms with Crippen molar-refractivity contribution in [3.05, 3.63) is 71.3 Å². The zero-order chi connectivity index (χ0) is 13.8. The Balaban J connectivity index is 1.55. The third kappa shape index (κ3) is 3.27. The van der Waals surface area contributed by atoms with Crippen molar-refractivity contribution in [3.8, 4) is 0 Å². The monoisotopic (exact) mass is 267 g/mol. The summed E-state index contributed by atoms with van der Waals surface area (Å²) in [5, 5.41) is 13.5. The van der Waals surface area contributed by atoms with Gasteiger partial charge in [0, 0.05) is 13.1 Å². The van der Waals surface area contributed by atoms with Crippen LogP contribution in [0.1, 0.15) is 41.6 Å². The van der Waals surface area contributed by atoms with E-state index in [2.05, 4.69) is 29.6 Å². The summed E-state index contributed by atoms with van der Waals surface area (Å²) in [6.07, 6.45) is 2.21. The summed E-state index contributed by atoms with van der Waals surface area (Å²) in [5.41, 5.74) is 3.82. The Morgan fingerprint density at radius 3 is 2.45 bits per heavy atom. The van der Waals surface area contributed by atoms with Crippen molar-refractivity contribution in [2.45, 2.75) is 31.4 Å². The van der Waals surface area contributed by atoms with Gasteiger partial charge in [0.15, 0.2) is 0 Å². The summed E-state index contributed by atoms with van der Waals surface area (Å²) >= 11 is 0. The highest BCUT2D eigenvalue weighted by molar-refractivity contribution is 5.33. The van der Waals surface area contributed by atoms with Crippen molar-refractivity contribution in [3.63, 3.8) is 0 Å². The van der Waals surface area contributed by atoms with Crippen LogP contribution < -0.4 is 5.32 Å². The summed E-state index contributed by atoms with van der Waals surface area (Å²) in [5.74, 6) is 0.770. The van der Waals surface area contributed by atoms with Crippen molar-refractivity contribution >= 4 is 0 Å². The average Bonchev–Trinajstić information content (AvgIpc) is 3.33. The van der Waals surface area contributed by atoms with E-state index in [9.17, 15) is 5.11 Å². The molecule has 0 spiro atoms. The fourth-order valence-electron chi connectivity index (χ4n) is 2.62. The molecule has 1 aliphatic rings. The van der Waals surface area contributed by atoms with E-state index in [1.807, 2.05) is 30.3 Å². The average molecular weight is 267 g/mol. The van der Waals surface area contributed by atoms with Crippen molar-refractivity contribution < 1.29 is 5.11 Å². The first-order valence-corrected chi connectivity index (χ1v) is 7.36. The molecule has 1 aliphatic carbocycles. The molecule has 104 valence electrons. The molecule has 2 aromatic rings. The maximum atomic E-state index is 10.1. The molecule has 0 amide bonds. The summed E-state index contributed by atoms with van der Waals surface area (Å²) in [7, 11) is 0. The Bertz CT molecular complexity index is 548. The Hall–Kier alpha value is -1.64. The smallest absolute Gasteiger partial charge is 0.0914 e. The molecule has 1 fully saturated rings. The molecule has 2 aromatic carbocycles. The van der Waals surface area contributed by atoms with Gasteiger partial charge in [0.05, 0.1) is 6.10 Å². The van der Waals surface area contributed by atoms with Gasteiger partial charge in [-0.1, -0.05) is 54.6 Å². The zero-order valence-corrected chi connectivity index (χ0v) is 11.6. The van der Waals surface area contributed by atoms with Gasteiger partial charge in [-0.2, -0.15) is 0 Å². The molecule has 1 saturated carbocycles. The van der Waals surface area contributed by atoms with Crippen LogP contribution >= 0.6 is 0 Å². The highest BCUT2D eigenvalue weighted by atomic mass is 16.3. The first-order valence-electron chi connectivity index (χ1n) is 7.36. The molecule has 0 aromatic heterocycles. The predicted molar refractivity (Wildman–Crippen MR) is 81.5 cm³/mol. The van der Waals surface area contributed by atoms with Gasteiger partial charge in [0.25, 0.3) is 0 Å². The minimum absolute atomic E-state index is 0.440. The van der Waals surface area contributed by atoms with E-state index in [0.29, 0.717) is 6.54 Å². The summed E-state index contributed by atoms with van der Waals surface area (Å²) < 4.78 is 0. The first-order chi connectivity index (χ1) is 9.84. The number of rotatable bonds is 6. The number of hydrogen-bond donors (Lipinski definition) is 2. The molecule has 0 saturated heterocycles. The van der Waals surface area contributed by atoms with Gasteiger partial charge in [-0.25, -0.2) is 0 Å². The van der Waals surface area contributed by atoms with Crippen molar-refractivity contribution in [2.24, 2.45) is 0 Å². The fraction of sp³-hybridized carbons (Fsp3) is 0.333. The lowest BCUT2D eigenvalue weighted by Gasteiger charge is -2.14. The molecule has 2 N–H and O–H groups in total. The number of hydrogen-bond acceptors (Lipinski definition) is 2. The standard InChI is InChI=1S/C18H21NO/c20-18(15-6-2-1-3-7-15)13-19-12-16-8-4-5-9-17(16)14-10-11-14/h1-9,14,18-20H,10-13H2. The lowest BCUT2D eigenvalue weighted by Crippen LogP contribution is -2.21. The molecule has 20 heavy (non-hydrogen) atoms. The second kappa shape index (κ2) is 6.21. The highest BCUT2D eigenvalue weighted by Crippen LogP contribution is 2.41. The van der Waals surface area contributed by atoms with Crippen LogP contribution in [-0.4, -0.2) is 11.7 Å². The Morgan fingerprint density at radius 1 is 1.00 bits per heavy atom. The third-order valence-electron chi connectivity index (χ3n) is 3.91. The maximum Gasteiger partial charge on any atom is 0.0914 e. The molecule has 3 rings (SSSR count). The van der Waals surface area contributed by atoms with Crippen LogP contribution in [-0.2, 0) is 6.54 Å². The summed E-state index contributed by atoms with van der Waals surface area (Å²) in [6.45, 7) is 1.42. The van der Waals surface area contributed by atoms with Gasteiger partial charge in [-0.15, -0.1) is 0 Å². The molecule has 0 aliphatic heterocycles. The maximum absolute atomic E-state index is 10.1. The number of nitrogens with one attached hydrogen (secondary N) is 1. The van der Waals surface area contributed by atoms with E-state index in [0.717, 1.165) is 18.0 Å². The van der Waals surface area contributed by atoms with Crippen molar-refractivity contribution in [2.75, 3.05) is 6.54 Å². The quantitative estimate of drug-likeness (QED) is 0.841. The van der Waals surface area contributed by atoms with E-state index < -0.39 is 6.10 Å². The number of aliphatic hydroxyl groups excluding tert-OH is 1. The Labute approximate surface area is 120 Å². The van der Waals surface area contributed by atoms with Gasteiger partial charge >= 0.3 is 0 Å². The van der Waals surface area contributed by atoms with E-state index in [-0.39, 0.29) is 0 Å². The summed E-state index contributed by atoms with van der Waals surface area (Å²) in [6, 6.07) is 18.5. The van der Waals surface area contributed by atoms with Crippen molar-refractivity contribution in [1.82, 2.24) is 5.32 Å². The minimum atomic E-state index is -0.440. The van der Waals surface area contributed by atoms with E-state index >= 15 is 0 Å². The third-order valence-corrected chi connectivity index (χ3v) is 3.91. The highest BCUT2D eigenvalue weighted by Gasteiger charge is 2.25. The molecular weight excluding hydrogens is 246 g/mol. The molecule has 0 bridgehead atoms. The predicted octanol–water partition coefficient (Wildman–Crippen LogP) is 3.39. The van der Waals surface area contributed by atoms with Crippen LogP contribution in [0.4, 0.5) is 0 Å². The van der Waals surface area contributed by atoms with Gasteiger partial charge in [0.2, 0.25) is 0 Å². The molecular formula is C18H21NO. The number of aliphatic hydroxyl groups is 1. The van der Waals surface area contributed by atoms with Crippen LogP contribution in [0.15, 0.2) is 54.6 Å². The number of benzene rings is 2. The second-order valence-corrected chi connectivity index (χ2v) is 5.53. The molecule has 2 heteroatoms. The van der Waals surface area contributed by atoms with Crippen LogP contribution in [0, 0.1) is 0 Å². The molecule has 2 nitrogen and oxygen atoms in total. The van der Waals surface area contributed by atoms with Crippen LogP contribution in [0.25, 0.3) is 0 Å². The first kappa shape index (κ1) is 13.3. The zero-order valence-electron chi connectivity index (χ0n) is 11.6. The second-order valence-electron chi connectivity index (χ2n) is 5.53. The van der Waals surface area contributed by atoms with Crippen LogP contribution in [0.5, 0.6) is 0 Å². The van der Waals surface area contributed by atoms with Crippen molar-refractivity contribution in [1.29, 1.82) is 0 Å².